The van der Waals surface area contributed by atoms with Crippen LogP contribution in [0.5, 0.6) is 0 Å². The maximum Gasteiger partial charge on any atom is 0.326 e. The first-order chi connectivity index (χ1) is 8.08. The molecule has 1 aliphatic rings. The van der Waals surface area contributed by atoms with Gasteiger partial charge in [-0.05, 0) is 18.9 Å². The molecule has 0 bridgehead atoms. The largest absolute Gasteiger partial charge is 0.480 e. The smallest absolute Gasteiger partial charge is 0.326 e. The van der Waals surface area contributed by atoms with E-state index in [0.29, 0.717) is 25.6 Å². The lowest BCUT2D eigenvalue weighted by molar-refractivity contribution is -0.139. The molecule has 1 rings (SSSR count). The fourth-order valence-corrected chi connectivity index (χ4v) is 1.84. The summed E-state index contributed by atoms with van der Waals surface area (Å²) in [7, 11) is 0. The molecule has 17 heavy (non-hydrogen) atoms. The van der Waals surface area contributed by atoms with Crippen molar-refractivity contribution in [2.45, 2.75) is 18.9 Å². The zero-order valence-corrected chi connectivity index (χ0v) is 9.63. The Morgan fingerprint density at radius 3 is 2.71 bits per heavy atom. The van der Waals surface area contributed by atoms with Crippen molar-refractivity contribution in [1.29, 1.82) is 0 Å². The molecule has 5 N–H and O–H groups in total. The predicted octanol–water partition coefficient (Wildman–Crippen LogP) is -1.19. The maximum atomic E-state index is 11.7. The number of rotatable bonds is 5. The van der Waals surface area contributed by atoms with Gasteiger partial charge in [-0.2, -0.15) is 0 Å². The van der Waals surface area contributed by atoms with Gasteiger partial charge in [-0.1, -0.05) is 0 Å². The van der Waals surface area contributed by atoms with Gasteiger partial charge in [0.15, 0.2) is 0 Å². The van der Waals surface area contributed by atoms with Crippen LogP contribution in [0.3, 0.4) is 0 Å². The third-order valence-electron chi connectivity index (χ3n) is 2.92. The van der Waals surface area contributed by atoms with E-state index < -0.39 is 18.0 Å². The van der Waals surface area contributed by atoms with Gasteiger partial charge in [0.25, 0.3) is 0 Å². The number of hydrogen-bond acceptors (Lipinski definition) is 4. The number of carboxylic acid groups (broad SMARTS) is 1. The maximum absolute atomic E-state index is 11.7. The molecule has 98 valence electrons. The Labute approximate surface area is 99.6 Å². The number of aliphatic carboxylic acids is 1. The second-order valence-electron chi connectivity index (χ2n) is 4.19. The molecule has 0 aliphatic carbocycles. The Morgan fingerprint density at radius 1 is 1.53 bits per heavy atom. The summed E-state index contributed by atoms with van der Waals surface area (Å²) in [5.41, 5.74) is 5.51. The Kier molecular flexibility index (Phi) is 5.17. The summed E-state index contributed by atoms with van der Waals surface area (Å²) >= 11 is 0. The zero-order chi connectivity index (χ0) is 12.8. The number of carbonyl (C=O) groups excluding carboxylic acids is 1. The molecule has 7 nitrogen and oxygen atoms in total. The van der Waals surface area contributed by atoms with Crippen molar-refractivity contribution in [3.8, 4) is 0 Å². The van der Waals surface area contributed by atoms with Crippen molar-refractivity contribution in [3.05, 3.63) is 0 Å². The third kappa shape index (κ3) is 3.86. The molecule has 1 fully saturated rings. The standard InChI is InChI=1S/C10H19N3O4/c11-5-7-1-3-13(6-7)10(17)12-8(2-4-14)9(15)16/h7-8,14H,1-6,11H2,(H,12,17)(H,15,16)/t7?,8-/m0/s1. The molecule has 2 amide bonds. The molecule has 0 aromatic rings. The quantitative estimate of drug-likeness (QED) is 0.486. The summed E-state index contributed by atoms with van der Waals surface area (Å²) < 4.78 is 0. The number of carboxylic acids is 1. The number of nitrogens with two attached hydrogens (primary N) is 1. The molecule has 0 saturated carbocycles. The van der Waals surface area contributed by atoms with Gasteiger partial charge in [0.1, 0.15) is 6.04 Å². The van der Waals surface area contributed by atoms with E-state index in [2.05, 4.69) is 5.32 Å². The first kappa shape index (κ1) is 13.7. The van der Waals surface area contributed by atoms with Crippen molar-refractivity contribution in [2.24, 2.45) is 11.7 Å². The van der Waals surface area contributed by atoms with Crippen LogP contribution in [0.15, 0.2) is 0 Å². The Balaban J connectivity index is 2.45. The molecule has 0 spiro atoms. The highest BCUT2D eigenvalue weighted by Gasteiger charge is 2.28. The van der Waals surface area contributed by atoms with E-state index in [1.165, 1.54) is 0 Å². The van der Waals surface area contributed by atoms with E-state index in [0.717, 1.165) is 6.42 Å². The molecular formula is C10H19N3O4. The number of hydrogen-bond donors (Lipinski definition) is 4. The number of urea groups is 1. The number of nitrogens with one attached hydrogen (secondary N) is 1. The first-order valence-corrected chi connectivity index (χ1v) is 5.67. The normalized spacial score (nSPS) is 21.3. The lowest BCUT2D eigenvalue weighted by Gasteiger charge is -2.20. The van der Waals surface area contributed by atoms with Gasteiger partial charge in [-0.25, -0.2) is 9.59 Å². The monoisotopic (exact) mass is 245 g/mol. The van der Waals surface area contributed by atoms with Crippen LogP contribution in [0.1, 0.15) is 12.8 Å². The molecule has 0 aromatic heterocycles. The SMILES string of the molecule is NCC1CCN(C(=O)N[C@@H](CCO)C(=O)O)C1. The minimum Gasteiger partial charge on any atom is -0.480 e. The summed E-state index contributed by atoms with van der Waals surface area (Å²) in [5, 5.41) is 19.9. The number of amides is 2. The highest BCUT2D eigenvalue weighted by atomic mass is 16.4. The van der Waals surface area contributed by atoms with Gasteiger partial charge >= 0.3 is 12.0 Å². The highest BCUT2D eigenvalue weighted by molar-refractivity contribution is 5.82. The molecule has 0 radical (unpaired) electrons. The fourth-order valence-electron chi connectivity index (χ4n) is 1.84. The van der Waals surface area contributed by atoms with Crippen LogP contribution < -0.4 is 11.1 Å². The van der Waals surface area contributed by atoms with Crippen molar-refractivity contribution < 1.29 is 19.8 Å². The molecule has 1 heterocycles. The Bertz CT molecular complexity index is 285. The number of nitrogens with zero attached hydrogens (tertiary/aromatic N) is 1. The van der Waals surface area contributed by atoms with Crippen LogP contribution in [0.25, 0.3) is 0 Å². The molecule has 2 atom stereocenters. The van der Waals surface area contributed by atoms with Crippen LogP contribution in [-0.2, 0) is 4.79 Å². The first-order valence-electron chi connectivity index (χ1n) is 5.67. The Morgan fingerprint density at radius 2 is 2.24 bits per heavy atom. The van der Waals surface area contributed by atoms with E-state index in [9.17, 15) is 9.59 Å². The number of aliphatic hydroxyl groups excluding tert-OH is 1. The molecule has 1 saturated heterocycles. The van der Waals surface area contributed by atoms with Crippen LogP contribution in [0.4, 0.5) is 4.79 Å². The van der Waals surface area contributed by atoms with Gasteiger partial charge in [-0.3, -0.25) is 0 Å². The minimum atomic E-state index is -1.14. The molecule has 1 aliphatic heterocycles. The topological polar surface area (TPSA) is 116 Å². The van der Waals surface area contributed by atoms with Crippen molar-refractivity contribution in [1.82, 2.24) is 10.2 Å². The van der Waals surface area contributed by atoms with Gasteiger partial charge in [-0.15, -0.1) is 0 Å². The summed E-state index contributed by atoms with van der Waals surface area (Å²) in [6.07, 6.45) is 0.858. The van der Waals surface area contributed by atoms with Crippen LogP contribution in [0, 0.1) is 5.92 Å². The number of aliphatic hydroxyl groups is 1. The summed E-state index contributed by atoms with van der Waals surface area (Å²) in [6.45, 7) is 1.42. The van der Waals surface area contributed by atoms with Crippen molar-refractivity contribution in [3.63, 3.8) is 0 Å². The fraction of sp³-hybridized carbons (Fsp3) is 0.800. The van der Waals surface area contributed by atoms with Crippen LogP contribution in [0.2, 0.25) is 0 Å². The summed E-state index contributed by atoms with van der Waals surface area (Å²) in [6, 6.07) is -1.44. The Hall–Kier alpha value is -1.34. The average Bonchev–Trinajstić information content (AvgIpc) is 2.76. The van der Waals surface area contributed by atoms with E-state index in [1.807, 2.05) is 0 Å². The van der Waals surface area contributed by atoms with Crippen LogP contribution >= 0.6 is 0 Å². The van der Waals surface area contributed by atoms with E-state index in [4.69, 9.17) is 15.9 Å². The second-order valence-corrected chi connectivity index (χ2v) is 4.19. The lowest BCUT2D eigenvalue weighted by Crippen LogP contribution is -2.47. The van der Waals surface area contributed by atoms with Crippen molar-refractivity contribution >= 4 is 12.0 Å². The predicted molar refractivity (Wildman–Crippen MR) is 60.4 cm³/mol. The van der Waals surface area contributed by atoms with Gasteiger partial charge in [0.2, 0.25) is 0 Å². The second kappa shape index (κ2) is 6.41. The molecular weight excluding hydrogens is 226 g/mol. The van der Waals surface area contributed by atoms with E-state index in [-0.39, 0.29) is 13.0 Å². The third-order valence-corrected chi connectivity index (χ3v) is 2.92. The molecule has 1 unspecified atom stereocenters. The van der Waals surface area contributed by atoms with E-state index >= 15 is 0 Å². The zero-order valence-electron chi connectivity index (χ0n) is 9.63. The minimum absolute atomic E-state index is 0.00916. The molecule has 0 aromatic carbocycles. The van der Waals surface area contributed by atoms with Gasteiger partial charge < -0.3 is 26.2 Å². The van der Waals surface area contributed by atoms with Gasteiger partial charge in [0.05, 0.1) is 0 Å². The summed E-state index contributed by atoms with van der Waals surface area (Å²) in [4.78, 5) is 24.1. The van der Waals surface area contributed by atoms with Crippen LogP contribution in [-0.4, -0.2) is 59.4 Å². The number of likely N-dealkylation sites (tertiary alicyclic amines) is 1. The van der Waals surface area contributed by atoms with Gasteiger partial charge in [0, 0.05) is 26.1 Å². The lowest BCUT2D eigenvalue weighted by atomic mass is 10.1. The highest BCUT2D eigenvalue weighted by Crippen LogP contribution is 2.14. The summed E-state index contributed by atoms with van der Waals surface area (Å²) in [5.74, 6) is -0.844. The van der Waals surface area contributed by atoms with E-state index in [1.54, 1.807) is 4.90 Å². The number of carbonyl (C=O) groups is 2. The van der Waals surface area contributed by atoms with Crippen molar-refractivity contribution in [2.75, 3.05) is 26.2 Å². The molecule has 7 heteroatoms. The average molecular weight is 245 g/mol.